The standard InChI is InChI=1S/C29H32IN5O3/c1-19(2)26(34-17-22-7-4-5-8-23(22)27(34)36)29(38)33-14-6-9-24(33)28(37)35(30)16-20-10-12-21(13-11-20)25-15-31-18-32(25)3/h4-5,7-8,10-13,15,18-19,24,26H,6,9,14,16-17H2,1-3H3/t24-,26?/m0/s1. The average Bonchev–Trinajstić information content (AvgIpc) is 3.64. The van der Waals surface area contributed by atoms with Crippen molar-refractivity contribution < 1.29 is 14.4 Å². The fourth-order valence-corrected chi connectivity index (χ4v) is 6.27. The van der Waals surface area contributed by atoms with E-state index in [1.54, 1.807) is 19.2 Å². The number of imidazole rings is 1. The van der Waals surface area contributed by atoms with Gasteiger partial charge in [-0.3, -0.25) is 17.5 Å². The van der Waals surface area contributed by atoms with Crippen LogP contribution in [0.3, 0.4) is 0 Å². The molecule has 0 bridgehead atoms. The molecule has 0 N–H and O–H groups in total. The molecule has 2 aliphatic heterocycles. The molecule has 2 aliphatic rings. The number of hydrogen-bond donors (Lipinski definition) is 0. The second-order valence-electron chi connectivity index (χ2n) is 10.4. The molecule has 0 saturated carbocycles. The zero-order chi connectivity index (χ0) is 27.0. The molecule has 3 aromatic rings. The van der Waals surface area contributed by atoms with Crippen LogP contribution in [0.2, 0.25) is 0 Å². The van der Waals surface area contributed by atoms with Crippen LogP contribution in [-0.2, 0) is 29.7 Å². The van der Waals surface area contributed by atoms with Gasteiger partial charge in [0.25, 0.3) is 11.8 Å². The predicted octanol–water partition coefficient (Wildman–Crippen LogP) is 4.44. The number of amides is 3. The minimum atomic E-state index is -0.606. The van der Waals surface area contributed by atoms with Crippen molar-refractivity contribution in [2.45, 2.75) is 51.9 Å². The highest BCUT2D eigenvalue weighted by molar-refractivity contribution is 14.1. The molecule has 1 aromatic heterocycles. The van der Waals surface area contributed by atoms with E-state index in [9.17, 15) is 14.4 Å². The van der Waals surface area contributed by atoms with E-state index >= 15 is 0 Å². The van der Waals surface area contributed by atoms with Gasteiger partial charge in [-0.2, -0.15) is 0 Å². The topological polar surface area (TPSA) is 78.8 Å². The Morgan fingerprint density at radius 3 is 2.53 bits per heavy atom. The third-order valence-electron chi connectivity index (χ3n) is 7.52. The second-order valence-corrected chi connectivity index (χ2v) is 11.6. The van der Waals surface area contributed by atoms with E-state index in [-0.39, 0.29) is 23.6 Å². The molecule has 2 aromatic carbocycles. The van der Waals surface area contributed by atoms with Gasteiger partial charge in [0.2, 0.25) is 5.91 Å². The molecule has 1 saturated heterocycles. The number of likely N-dealkylation sites (tertiary alicyclic amines) is 1. The van der Waals surface area contributed by atoms with Gasteiger partial charge < -0.3 is 14.4 Å². The lowest BCUT2D eigenvalue weighted by Crippen LogP contribution is -2.55. The molecule has 2 atom stereocenters. The number of carbonyl (C=O) groups is 3. The summed E-state index contributed by atoms with van der Waals surface area (Å²) >= 11 is 2.06. The van der Waals surface area contributed by atoms with Gasteiger partial charge in [0.15, 0.2) is 0 Å². The molecule has 1 unspecified atom stereocenters. The zero-order valence-corrected chi connectivity index (χ0v) is 24.0. The monoisotopic (exact) mass is 625 g/mol. The summed E-state index contributed by atoms with van der Waals surface area (Å²) in [5.41, 5.74) is 4.70. The van der Waals surface area contributed by atoms with E-state index in [2.05, 4.69) is 27.8 Å². The maximum absolute atomic E-state index is 13.9. The summed E-state index contributed by atoms with van der Waals surface area (Å²) in [5.74, 6) is -0.404. The number of rotatable bonds is 7. The predicted molar refractivity (Wildman–Crippen MR) is 153 cm³/mol. The van der Waals surface area contributed by atoms with Crippen LogP contribution < -0.4 is 0 Å². The van der Waals surface area contributed by atoms with Gasteiger partial charge in [-0.1, -0.05) is 56.3 Å². The lowest BCUT2D eigenvalue weighted by molar-refractivity contribution is -0.144. The Kier molecular flexibility index (Phi) is 7.56. The Morgan fingerprint density at radius 2 is 1.87 bits per heavy atom. The molecule has 3 amide bonds. The first-order chi connectivity index (χ1) is 18.3. The Balaban J connectivity index is 1.28. The summed E-state index contributed by atoms with van der Waals surface area (Å²) in [5, 5.41) is 0. The molecule has 0 spiro atoms. The largest absolute Gasteiger partial charge is 0.334 e. The molecule has 8 nitrogen and oxygen atoms in total. The normalized spacial score (nSPS) is 17.7. The first-order valence-corrected chi connectivity index (χ1v) is 13.9. The molecule has 1 fully saturated rings. The highest BCUT2D eigenvalue weighted by Gasteiger charge is 2.44. The summed E-state index contributed by atoms with van der Waals surface area (Å²) in [6.07, 6.45) is 4.99. The smallest absolute Gasteiger partial charge is 0.255 e. The van der Waals surface area contributed by atoms with Crippen molar-refractivity contribution in [1.29, 1.82) is 0 Å². The van der Waals surface area contributed by atoms with Crippen LogP contribution in [0, 0.1) is 5.92 Å². The van der Waals surface area contributed by atoms with Crippen molar-refractivity contribution in [2.75, 3.05) is 6.54 Å². The molecule has 3 heterocycles. The highest BCUT2D eigenvalue weighted by Crippen LogP contribution is 2.31. The molecular weight excluding hydrogens is 593 g/mol. The van der Waals surface area contributed by atoms with Crippen molar-refractivity contribution >= 4 is 40.6 Å². The average molecular weight is 626 g/mol. The summed E-state index contributed by atoms with van der Waals surface area (Å²) in [6, 6.07) is 14.5. The Hall–Kier alpha value is -3.21. The van der Waals surface area contributed by atoms with Gasteiger partial charge in [0.05, 0.1) is 47.6 Å². The lowest BCUT2D eigenvalue weighted by Gasteiger charge is -2.35. The Bertz CT molecular complexity index is 1350. The fraction of sp³-hybridized carbons (Fsp3) is 0.379. The van der Waals surface area contributed by atoms with Gasteiger partial charge in [-0.15, -0.1) is 0 Å². The maximum Gasteiger partial charge on any atom is 0.255 e. The second kappa shape index (κ2) is 10.9. The van der Waals surface area contributed by atoms with E-state index in [0.717, 1.165) is 28.8 Å². The molecule has 5 rings (SSSR count). The van der Waals surface area contributed by atoms with Gasteiger partial charge in [0.1, 0.15) is 12.1 Å². The highest BCUT2D eigenvalue weighted by atomic mass is 127. The fourth-order valence-electron chi connectivity index (χ4n) is 5.55. The first-order valence-electron chi connectivity index (χ1n) is 13.0. The molecular formula is C29H32IN5O3. The Labute approximate surface area is 237 Å². The summed E-state index contributed by atoms with van der Waals surface area (Å²) in [4.78, 5) is 48.2. The number of aryl methyl sites for hydroxylation is 1. The van der Waals surface area contributed by atoms with Crippen LogP contribution in [0.25, 0.3) is 11.3 Å². The van der Waals surface area contributed by atoms with Crippen LogP contribution in [0.5, 0.6) is 0 Å². The SMILES string of the molecule is CC(C)C(C(=O)N1CCC[C@H]1C(=O)N(I)Cc1ccc(-c2cncn2C)cc1)N1Cc2ccccc2C1=O. The number of carbonyl (C=O) groups excluding carboxylic acids is 3. The van der Waals surface area contributed by atoms with E-state index in [1.807, 2.05) is 80.2 Å². The number of benzene rings is 2. The van der Waals surface area contributed by atoms with Crippen molar-refractivity contribution in [3.05, 3.63) is 77.7 Å². The van der Waals surface area contributed by atoms with E-state index in [4.69, 9.17) is 0 Å². The van der Waals surface area contributed by atoms with E-state index < -0.39 is 12.1 Å². The number of hydrogen-bond acceptors (Lipinski definition) is 4. The van der Waals surface area contributed by atoms with Crippen molar-refractivity contribution in [3.8, 4) is 11.3 Å². The lowest BCUT2D eigenvalue weighted by atomic mass is 10.0. The van der Waals surface area contributed by atoms with E-state index in [1.165, 1.54) is 0 Å². The van der Waals surface area contributed by atoms with Crippen LogP contribution in [0.15, 0.2) is 61.1 Å². The van der Waals surface area contributed by atoms with E-state index in [0.29, 0.717) is 31.6 Å². The quantitative estimate of drug-likeness (QED) is 0.288. The van der Waals surface area contributed by atoms with Crippen molar-refractivity contribution in [1.82, 2.24) is 22.5 Å². The number of fused-ring (bicyclic) bond motifs is 1. The van der Waals surface area contributed by atoms with Crippen LogP contribution in [0.4, 0.5) is 0 Å². The van der Waals surface area contributed by atoms with Crippen LogP contribution in [-0.4, -0.2) is 58.8 Å². The zero-order valence-electron chi connectivity index (χ0n) is 21.9. The number of nitrogens with zero attached hydrogens (tertiary/aromatic N) is 5. The first kappa shape index (κ1) is 26.4. The molecule has 198 valence electrons. The third kappa shape index (κ3) is 4.95. The summed E-state index contributed by atoms with van der Waals surface area (Å²) < 4.78 is 3.64. The summed E-state index contributed by atoms with van der Waals surface area (Å²) in [7, 11) is 1.96. The van der Waals surface area contributed by atoms with Gasteiger partial charge >= 0.3 is 0 Å². The molecule has 38 heavy (non-hydrogen) atoms. The van der Waals surface area contributed by atoms with Crippen LogP contribution in [0.1, 0.15) is 48.2 Å². The summed E-state index contributed by atoms with van der Waals surface area (Å²) in [6.45, 7) is 5.31. The van der Waals surface area contributed by atoms with Crippen molar-refractivity contribution in [3.63, 3.8) is 0 Å². The maximum atomic E-state index is 13.9. The van der Waals surface area contributed by atoms with Crippen molar-refractivity contribution in [2.24, 2.45) is 13.0 Å². The third-order valence-corrected chi connectivity index (χ3v) is 8.33. The minimum absolute atomic E-state index is 0.0780. The molecule has 9 heteroatoms. The molecule has 0 aliphatic carbocycles. The number of halogens is 1. The van der Waals surface area contributed by atoms with Gasteiger partial charge in [-0.25, -0.2) is 4.98 Å². The van der Waals surface area contributed by atoms with Crippen LogP contribution >= 0.6 is 22.9 Å². The van der Waals surface area contributed by atoms with Gasteiger partial charge in [0, 0.05) is 25.7 Å². The number of aromatic nitrogens is 2. The Morgan fingerprint density at radius 1 is 1.13 bits per heavy atom. The molecule has 0 radical (unpaired) electrons. The minimum Gasteiger partial charge on any atom is -0.334 e. The van der Waals surface area contributed by atoms with Gasteiger partial charge in [-0.05, 0) is 41.5 Å².